The van der Waals surface area contributed by atoms with Crippen LogP contribution in [0.15, 0.2) is 0 Å². The molecule has 1 aromatic rings. The number of nitrogens with two attached hydrogens (primary N) is 1. The first-order chi connectivity index (χ1) is 7.90. The van der Waals surface area contributed by atoms with Gasteiger partial charge in [-0.1, -0.05) is 0 Å². The Bertz CT molecular complexity index is 393. The Balaban J connectivity index is 3.28. The van der Waals surface area contributed by atoms with Crippen molar-refractivity contribution in [1.29, 1.82) is 0 Å². The van der Waals surface area contributed by atoms with E-state index in [1.165, 1.54) is 14.0 Å². The fraction of sp³-hybridized carbons (Fsp3) is 0.600. The van der Waals surface area contributed by atoms with E-state index in [0.717, 1.165) is 0 Å². The van der Waals surface area contributed by atoms with Gasteiger partial charge in [0.25, 0.3) is 0 Å². The molecule has 17 heavy (non-hydrogen) atoms. The van der Waals surface area contributed by atoms with Crippen LogP contribution in [0.25, 0.3) is 0 Å². The van der Waals surface area contributed by atoms with E-state index < -0.39 is 11.9 Å². The number of aryl methyl sites for hydroxylation is 1. The molecule has 2 N–H and O–H groups in total. The third kappa shape index (κ3) is 3.29. The summed E-state index contributed by atoms with van der Waals surface area (Å²) < 4.78 is 43.3. The van der Waals surface area contributed by atoms with Crippen molar-refractivity contribution in [2.45, 2.75) is 25.9 Å². The van der Waals surface area contributed by atoms with Crippen LogP contribution in [0, 0.1) is 6.92 Å². The van der Waals surface area contributed by atoms with Gasteiger partial charge in [0.15, 0.2) is 5.69 Å². The van der Waals surface area contributed by atoms with Crippen LogP contribution in [0.1, 0.15) is 23.5 Å². The van der Waals surface area contributed by atoms with Crippen LogP contribution in [-0.4, -0.2) is 23.6 Å². The van der Waals surface area contributed by atoms with Crippen LogP contribution < -0.4 is 10.5 Å². The summed E-state index contributed by atoms with van der Waals surface area (Å²) in [6.07, 6.45) is -3.94. The van der Waals surface area contributed by atoms with Gasteiger partial charge in [0.1, 0.15) is 5.82 Å². The second kappa shape index (κ2) is 5.31. The van der Waals surface area contributed by atoms with Gasteiger partial charge in [0, 0.05) is 5.56 Å². The highest BCUT2D eigenvalue weighted by Crippen LogP contribution is 2.34. The van der Waals surface area contributed by atoms with E-state index in [1.54, 1.807) is 0 Å². The summed E-state index contributed by atoms with van der Waals surface area (Å²) in [6, 6.07) is 0. The molecule has 0 aliphatic carbocycles. The molecule has 0 unspecified atom stereocenters. The maximum atomic E-state index is 12.8. The van der Waals surface area contributed by atoms with Gasteiger partial charge in [-0.05, 0) is 26.3 Å². The van der Waals surface area contributed by atoms with Crippen molar-refractivity contribution in [2.75, 3.05) is 13.7 Å². The molecule has 0 spiro atoms. The number of halogens is 3. The van der Waals surface area contributed by atoms with Gasteiger partial charge in [-0.25, -0.2) is 4.98 Å². The number of alkyl halides is 3. The van der Waals surface area contributed by atoms with E-state index in [4.69, 9.17) is 10.5 Å². The fourth-order valence-corrected chi connectivity index (χ4v) is 1.48. The minimum absolute atomic E-state index is 0.0294. The van der Waals surface area contributed by atoms with Gasteiger partial charge >= 0.3 is 6.18 Å². The highest BCUT2D eigenvalue weighted by molar-refractivity contribution is 5.33. The number of nitrogens with zero attached hydrogens (tertiary/aromatic N) is 2. The molecule has 0 atom stereocenters. The first-order valence-electron chi connectivity index (χ1n) is 5.09. The van der Waals surface area contributed by atoms with E-state index in [-0.39, 0.29) is 23.7 Å². The van der Waals surface area contributed by atoms with Gasteiger partial charge in [-0.3, -0.25) is 0 Å². The lowest BCUT2D eigenvalue weighted by molar-refractivity contribution is -0.142. The summed E-state index contributed by atoms with van der Waals surface area (Å²) in [5.74, 6) is 0.00366. The molecule has 0 aliphatic heterocycles. The van der Waals surface area contributed by atoms with Crippen molar-refractivity contribution >= 4 is 0 Å². The Hall–Kier alpha value is -1.37. The summed E-state index contributed by atoms with van der Waals surface area (Å²) in [6.45, 7) is 1.69. The number of hydrogen-bond donors (Lipinski definition) is 1. The Kier molecular flexibility index (Phi) is 4.28. The highest BCUT2D eigenvalue weighted by Gasteiger charge is 2.37. The Morgan fingerprint density at radius 1 is 1.29 bits per heavy atom. The number of hydrogen-bond acceptors (Lipinski definition) is 4. The quantitative estimate of drug-likeness (QED) is 0.882. The smallest absolute Gasteiger partial charge is 0.433 e. The fourth-order valence-electron chi connectivity index (χ4n) is 1.48. The molecule has 0 aromatic carbocycles. The van der Waals surface area contributed by atoms with E-state index >= 15 is 0 Å². The maximum Gasteiger partial charge on any atom is 0.433 e. The SMILES string of the molecule is COc1nc(C)nc(C(F)(F)F)c1CCCN. The van der Waals surface area contributed by atoms with Crippen LogP contribution >= 0.6 is 0 Å². The molecule has 0 saturated carbocycles. The third-order valence-corrected chi connectivity index (χ3v) is 2.17. The number of aromatic nitrogens is 2. The first kappa shape index (κ1) is 13.7. The number of ether oxygens (including phenoxy) is 1. The van der Waals surface area contributed by atoms with E-state index in [0.29, 0.717) is 13.0 Å². The molecule has 1 aromatic heterocycles. The monoisotopic (exact) mass is 249 g/mol. The van der Waals surface area contributed by atoms with Crippen LogP contribution in [0.5, 0.6) is 5.88 Å². The third-order valence-electron chi connectivity index (χ3n) is 2.17. The molecular weight excluding hydrogens is 235 g/mol. The average Bonchev–Trinajstić information content (AvgIpc) is 2.25. The van der Waals surface area contributed by atoms with Crippen LogP contribution in [0.3, 0.4) is 0 Å². The zero-order chi connectivity index (χ0) is 13.1. The van der Waals surface area contributed by atoms with Crippen molar-refractivity contribution in [1.82, 2.24) is 9.97 Å². The predicted molar refractivity (Wildman–Crippen MR) is 55.7 cm³/mol. The van der Waals surface area contributed by atoms with Crippen LogP contribution in [0.2, 0.25) is 0 Å². The molecule has 0 radical (unpaired) electrons. The predicted octanol–water partition coefficient (Wildman–Crippen LogP) is 1.70. The second-order valence-electron chi connectivity index (χ2n) is 3.50. The Labute approximate surface area is 97.0 Å². The molecule has 7 heteroatoms. The van der Waals surface area contributed by atoms with Gasteiger partial charge in [-0.15, -0.1) is 0 Å². The van der Waals surface area contributed by atoms with Gasteiger partial charge < -0.3 is 10.5 Å². The molecule has 0 saturated heterocycles. The van der Waals surface area contributed by atoms with Crippen molar-refractivity contribution in [2.24, 2.45) is 5.73 Å². The molecule has 4 nitrogen and oxygen atoms in total. The zero-order valence-electron chi connectivity index (χ0n) is 9.64. The molecule has 1 heterocycles. The highest BCUT2D eigenvalue weighted by atomic mass is 19.4. The molecule has 0 amide bonds. The molecule has 1 rings (SSSR count). The molecule has 0 bridgehead atoms. The standard InChI is InChI=1S/C10H14F3N3O/c1-6-15-8(10(11,12)13)7(4-3-5-14)9(16-6)17-2/h3-5,14H2,1-2H3. The van der Waals surface area contributed by atoms with Crippen LogP contribution in [0.4, 0.5) is 13.2 Å². The van der Waals surface area contributed by atoms with Crippen molar-refractivity contribution < 1.29 is 17.9 Å². The van der Waals surface area contributed by atoms with E-state index in [9.17, 15) is 13.2 Å². The first-order valence-corrected chi connectivity index (χ1v) is 5.09. The Morgan fingerprint density at radius 2 is 1.94 bits per heavy atom. The summed E-state index contributed by atoms with van der Waals surface area (Å²) in [5, 5.41) is 0. The van der Waals surface area contributed by atoms with Crippen molar-refractivity contribution in [3.05, 3.63) is 17.1 Å². The topological polar surface area (TPSA) is 61.0 Å². The Morgan fingerprint density at radius 3 is 2.41 bits per heavy atom. The number of rotatable bonds is 4. The maximum absolute atomic E-state index is 12.8. The lowest BCUT2D eigenvalue weighted by Crippen LogP contribution is -2.16. The second-order valence-corrected chi connectivity index (χ2v) is 3.50. The van der Waals surface area contributed by atoms with Crippen LogP contribution in [-0.2, 0) is 12.6 Å². The lowest BCUT2D eigenvalue weighted by Gasteiger charge is -2.14. The van der Waals surface area contributed by atoms with Gasteiger partial charge in [0.2, 0.25) is 5.88 Å². The summed E-state index contributed by atoms with van der Waals surface area (Å²) in [7, 11) is 1.29. The summed E-state index contributed by atoms with van der Waals surface area (Å²) in [4.78, 5) is 7.29. The lowest BCUT2D eigenvalue weighted by atomic mass is 10.1. The number of methoxy groups -OCH3 is 1. The van der Waals surface area contributed by atoms with E-state index in [1.807, 2.05) is 0 Å². The molecule has 96 valence electrons. The van der Waals surface area contributed by atoms with Gasteiger partial charge in [0.05, 0.1) is 7.11 Å². The minimum Gasteiger partial charge on any atom is -0.481 e. The largest absolute Gasteiger partial charge is 0.481 e. The minimum atomic E-state index is -4.51. The summed E-state index contributed by atoms with van der Waals surface area (Å²) in [5.41, 5.74) is 4.33. The van der Waals surface area contributed by atoms with Gasteiger partial charge in [-0.2, -0.15) is 18.2 Å². The molecule has 0 aliphatic rings. The van der Waals surface area contributed by atoms with Crippen molar-refractivity contribution in [3.8, 4) is 5.88 Å². The normalized spacial score (nSPS) is 11.6. The molecular formula is C10H14F3N3O. The van der Waals surface area contributed by atoms with E-state index in [2.05, 4.69) is 9.97 Å². The summed E-state index contributed by atoms with van der Waals surface area (Å²) >= 11 is 0. The molecule has 0 fully saturated rings. The zero-order valence-corrected chi connectivity index (χ0v) is 9.64. The average molecular weight is 249 g/mol. The van der Waals surface area contributed by atoms with Crippen molar-refractivity contribution in [3.63, 3.8) is 0 Å².